The Balaban J connectivity index is 3.85. The first-order chi connectivity index (χ1) is 6.15. The zero-order valence-electron chi connectivity index (χ0n) is 9.46. The van der Waals surface area contributed by atoms with Crippen LogP contribution in [0.15, 0.2) is 0 Å². The van der Waals surface area contributed by atoms with Gasteiger partial charge in [0.2, 0.25) is 0 Å². The molecule has 0 bridgehead atoms. The molecule has 0 rings (SSSR count). The van der Waals surface area contributed by atoms with E-state index in [9.17, 15) is 0 Å². The highest BCUT2D eigenvalue weighted by molar-refractivity contribution is 4.74. The lowest BCUT2D eigenvalue weighted by Crippen LogP contribution is -2.42. The van der Waals surface area contributed by atoms with Crippen LogP contribution in [0.3, 0.4) is 0 Å². The number of hydrogen-bond acceptors (Lipinski definition) is 3. The standard InChI is InChI=1S/C10H23NO2/c1-6-10(12-5)9(11-4)7-13-8(2)3/h8-11H,6-7H2,1-5H3. The van der Waals surface area contributed by atoms with Crippen molar-refractivity contribution in [1.82, 2.24) is 5.32 Å². The minimum absolute atomic E-state index is 0.240. The number of hydrogen-bond donors (Lipinski definition) is 1. The highest BCUT2D eigenvalue weighted by Gasteiger charge is 2.17. The molecule has 0 saturated heterocycles. The van der Waals surface area contributed by atoms with Crippen molar-refractivity contribution in [2.24, 2.45) is 0 Å². The minimum Gasteiger partial charge on any atom is -0.380 e. The summed E-state index contributed by atoms with van der Waals surface area (Å²) < 4.78 is 10.9. The van der Waals surface area contributed by atoms with Crippen LogP contribution < -0.4 is 5.32 Å². The third kappa shape index (κ3) is 5.24. The van der Waals surface area contributed by atoms with Gasteiger partial charge in [0.15, 0.2) is 0 Å². The van der Waals surface area contributed by atoms with E-state index in [1.54, 1.807) is 7.11 Å². The van der Waals surface area contributed by atoms with Gasteiger partial charge in [-0.05, 0) is 27.3 Å². The van der Waals surface area contributed by atoms with Crippen molar-refractivity contribution in [3.05, 3.63) is 0 Å². The molecule has 2 atom stereocenters. The van der Waals surface area contributed by atoms with Gasteiger partial charge >= 0.3 is 0 Å². The van der Waals surface area contributed by atoms with E-state index in [2.05, 4.69) is 12.2 Å². The number of nitrogens with one attached hydrogen (secondary N) is 1. The van der Waals surface area contributed by atoms with Gasteiger partial charge in [0, 0.05) is 7.11 Å². The molecule has 0 aromatic heterocycles. The highest BCUT2D eigenvalue weighted by Crippen LogP contribution is 2.04. The van der Waals surface area contributed by atoms with E-state index >= 15 is 0 Å². The van der Waals surface area contributed by atoms with E-state index in [4.69, 9.17) is 9.47 Å². The van der Waals surface area contributed by atoms with Crippen LogP contribution >= 0.6 is 0 Å². The van der Waals surface area contributed by atoms with Gasteiger partial charge in [-0.25, -0.2) is 0 Å². The van der Waals surface area contributed by atoms with Crippen molar-refractivity contribution in [3.63, 3.8) is 0 Å². The van der Waals surface area contributed by atoms with Gasteiger partial charge in [0.25, 0.3) is 0 Å². The van der Waals surface area contributed by atoms with E-state index in [0.717, 1.165) is 6.42 Å². The van der Waals surface area contributed by atoms with Crippen LogP contribution in [-0.4, -0.2) is 39.0 Å². The number of methoxy groups -OCH3 is 1. The lowest BCUT2D eigenvalue weighted by molar-refractivity contribution is 0.00278. The fraction of sp³-hybridized carbons (Fsp3) is 1.00. The highest BCUT2D eigenvalue weighted by atomic mass is 16.5. The molecule has 0 aliphatic heterocycles. The Morgan fingerprint density at radius 2 is 1.92 bits per heavy atom. The summed E-state index contributed by atoms with van der Waals surface area (Å²) in [6.45, 7) is 6.91. The van der Waals surface area contributed by atoms with Gasteiger partial charge in [-0.15, -0.1) is 0 Å². The smallest absolute Gasteiger partial charge is 0.0744 e. The molecule has 0 aliphatic carbocycles. The van der Waals surface area contributed by atoms with Crippen molar-refractivity contribution in [3.8, 4) is 0 Å². The molecule has 0 heterocycles. The van der Waals surface area contributed by atoms with Gasteiger partial charge in [-0.2, -0.15) is 0 Å². The summed E-state index contributed by atoms with van der Waals surface area (Å²) in [5.41, 5.74) is 0. The maximum atomic E-state index is 5.54. The molecular formula is C10H23NO2. The largest absolute Gasteiger partial charge is 0.380 e. The van der Waals surface area contributed by atoms with Crippen LogP contribution in [0.1, 0.15) is 27.2 Å². The van der Waals surface area contributed by atoms with Crippen LogP contribution in [0.2, 0.25) is 0 Å². The first-order valence-electron chi connectivity index (χ1n) is 4.97. The van der Waals surface area contributed by atoms with Gasteiger partial charge in [-0.3, -0.25) is 0 Å². The normalized spacial score (nSPS) is 16.2. The number of rotatable bonds is 7. The summed E-state index contributed by atoms with van der Waals surface area (Å²) >= 11 is 0. The summed E-state index contributed by atoms with van der Waals surface area (Å²) in [7, 11) is 3.68. The van der Waals surface area contributed by atoms with Gasteiger partial charge in [0.05, 0.1) is 24.9 Å². The van der Waals surface area contributed by atoms with Gasteiger partial charge in [-0.1, -0.05) is 6.92 Å². The Morgan fingerprint density at radius 1 is 1.31 bits per heavy atom. The molecule has 0 aliphatic rings. The fourth-order valence-corrected chi connectivity index (χ4v) is 1.29. The molecule has 0 aromatic rings. The molecule has 0 amide bonds. The second-order valence-corrected chi connectivity index (χ2v) is 3.46. The lowest BCUT2D eigenvalue weighted by atomic mass is 10.1. The first-order valence-corrected chi connectivity index (χ1v) is 4.97. The second kappa shape index (κ2) is 7.30. The van der Waals surface area contributed by atoms with Crippen molar-refractivity contribution in [1.29, 1.82) is 0 Å². The Bertz CT molecular complexity index is 113. The molecular weight excluding hydrogens is 166 g/mol. The summed E-state index contributed by atoms with van der Waals surface area (Å²) in [5.74, 6) is 0. The molecule has 0 radical (unpaired) electrons. The maximum Gasteiger partial charge on any atom is 0.0744 e. The Labute approximate surface area is 81.8 Å². The summed E-state index contributed by atoms with van der Waals surface area (Å²) in [6.07, 6.45) is 1.53. The summed E-state index contributed by atoms with van der Waals surface area (Å²) in [6, 6.07) is 0.289. The minimum atomic E-state index is 0.240. The molecule has 13 heavy (non-hydrogen) atoms. The monoisotopic (exact) mass is 189 g/mol. The van der Waals surface area contributed by atoms with Crippen LogP contribution in [0.4, 0.5) is 0 Å². The van der Waals surface area contributed by atoms with Gasteiger partial charge in [0.1, 0.15) is 0 Å². The van der Waals surface area contributed by atoms with Crippen molar-refractivity contribution < 1.29 is 9.47 Å². The Hall–Kier alpha value is -0.120. The van der Waals surface area contributed by atoms with Crippen molar-refractivity contribution in [2.45, 2.75) is 45.4 Å². The number of ether oxygens (including phenoxy) is 2. The van der Waals surface area contributed by atoms with E-state index in [-0.39, 0.29) is 18.2 Å². The van der Waals surface area contributed by atoms with Crippen LogP contribution in [0.5, 0.6) is 0 Å². The maximum absolute atomic E-state index is 5.54. The predicted molar refractivity (Wildman–Crippen MR) is 55.0 cm³/mol. The SMILES string of the molecule is CCC(OC)C(COC(C)C)NC. The molecule has 3 heteroatoms. The molecule has 1 N–H and O–H groups in total. The van der Waals surface area contributed by atoms with E-state index < -0.39 is 0 Å². The zero-order chi connectivity index (χ0) is 10.3. The predicted octanol–water partition coefficient (Wildman–Crippen LogP) is 1.42. The van der Waals surface area contributed by atoms with Crippen LogP contribution in [0.25, 0.3) is 0 Å². The van der Waals surface area contributed by atoms with Crippen LogP contribution in [0, 0.1) is 0 Å². The summed E-state index contributed by atoms with van der Waals surface area (Å²) in [5, 5.41) is 3.21. The average Bonchev–Trinajstić information content (AvgIpc) is 2.11. The second-order valence-electron chi connectivity index (χ2n) is 3.46. The molecule has 80 valence electrons. The zero-order valence-corrected chi connectivity index (χ0v) is 9.46. The van der Waals surface area contributed by atoms with Crippen molar-refractivity contribution >= 4 is 0 Å². The van der Waals surface area contributed by atoms with Gasteiger partial charge < -0.3 is 14.8 Å². The third-order valence-electron chi connectivity index (χ3n) is 2.13. The Morgan fingerprint density at radius 3 is 2.23 bits per heavy atom. The average molecular weight is 189 g/mol. The number of likely N-dealkylation sites (N-methyl/N-ethyl adjacent to an activating group) is 1. The Kier molecular flexibility index (Phi) is 7.23. The van der Waals surface area contributed by atoms with Crippen LogP contribution in [-0.2, 0) is 9.47 Å². The quantitative estimate of drug-likeness (QED) is 0.657. The third-order valence-corrected chi connectivity index (χ3v) is 2.13. The molecule has 0 aromatic carbocycles. The van der Waals surface area contributed by atoms with E-state index in [1.165, 1.54) is 0 Å². The van der Waals surface area contributed by atoms with E-state index in [0.29, 0.717) is 6.61 Å². The topological polar surface area (TPSA) is 30.5 Å². The summed E-state index contributed by atoms with van der Waals surface area (Å²) in [4.78, 5) is 0. The van der Waals surface area contributed by atoms with E-state index in [1.807, 2.05) is 20.9 Å². The molecule has 0 saturated carbocycles. The molecule has 3 nitrogen and oxygen atoms in total. The first kappa shape index (κ1) is 12.9. The van der Waals surface area contributed by atoms with Crippen molar-refractivity contribution in [2.75, 3.05) is 20.8 Å². The fourth-order valence-electron chi connectivity index (χ4n) is 1.29. The molecule has 0 spiro atoms. The molecule has 0 fully saturated rings. The molecule has 2 unspecified atom stereocenters. The lowest BCUT2D eigenvalue weighted by Gasteiger charge is -2.25.